The van der Waals surface area contributed by atoms with Crippen molar-refractivity contribution in [3.05, 3.63) is 46.2 Å². The maximum Gasteiger partial charge on any atom is 0.252 e. The van der Waals surface area contributed by atoms with E-state index in [9.17, 15) is 4.79 Å². The molecule has 3 rings (SSSR count). The Bertz CT molecular complexity index is 645. The van der Waals surface area contributed by atoms with Crippen molar-refractivity contribution in [1.29, 1.82) is 0 Å². The van der Waals surface area contributed by atoms with Crippen molar-refractivity contribution in [3.8, 4) is 0 Å². The van der Waals surface area contributed by atoms with Crippen LogP contribution < -0.4 is 10.9 Å². The largest absolute Gasteiger partial charge is 0.322 e. The van der Waals surface area contributed by atoms with Crippen LogP contribution in [0.5, 0.6) is 0 Å². The van der Waals surface area contributed by atoms with E-state index in [0.717, 1.165) is 35.6 Å². The lowest BCUT2D eigenvalue weighted by Crippen LogP contribution is -2.31. The number of para-hydroxylation sites is 1. The van der Waals surface area contributed by atoms with Crippen LogP contribution in [0.4, 0.5) is 0 Å². The van der Waals surface area contributed by atoms with Crippen LogP contribution in [-0.2, 0) is 6.54 Å². The highest BCUT2D eigenvalue weighted by Gasteiger charge is 2.25. The highest BCUT2D eigenvalue weighted by atomic mass is 16.1. The fourth-order valence-electron chi connectivity index (χ4n) is 2.50. The van der Waals surface area contributed by atoms with Gasteiger partial charge in [0.1, 0.15) is 0 Å². The Morgan fingerprint density at radius 1 is 1.35 bits per heavy atom. The SMILES string of the molecule is CN(CCNCc1cc2ccccc2[nH]c1=O)C1CC1. The number of benzene rings is 1. The first-order chi connectivity index (χ1) is 9.74. The predicted molar refractivity (Wildman–Crippen MR) is 81.9 cm³/mol. The number of aromatic nitrogens is 1. The van der Waals surface area contributed by atoms with Crippen LogP contribution in [0.1, 0.15) is 18.4 Å². The maximum atomic E-state index is 12.0. The fourth-order valence-corrected chi connectivity index (χ4v) is 2.50. The third-order valence-electron chi connectivity index (χ3n) is 3.96. The number of aromatic amines is 1. The standard InChI is InChI=1S/C16H21N3O/c1-19(14-6-7-14)9-8-17-11-13-10-12-4-2-3-5-15(12)18-16(13)20/h2-5,10,14,17H,6-9,11H2,1H3,(H,18,20). The van der Waals surface area contributed by atoms with Crippen LogP contribution in [0.25, 0.3) is 10.9 Å². The van der Waals surface area contributed by atoms with Gasteiger partial charge in [0.25, 0.3) is 5.56 Å². The lowest BCUT2D eigenvalue weighted by molar-refractivity contribution is 0.321. The minimum atomic E-state index is 0.00625. The second-order valence-electron chi connectivity index (χ2n) is 5.60. The van der Waals surface area contributed by atoms with Gasteiger partial charge in [-0.05, 0) is 37.4 Å². The number of H-pyrrole nitrogens is 1. The Labute approximate surface area is 118 Å². The predicted octanol–water partition coefficient (Wildman–Crippen LogP) is 1.71. The Hall–Kier alpha value is -1.65. The summed E-state index contributed by atoms with van der Waals surface area (Å²) in [5.41, 5.74) is 1.71. The zero-order valence-electron chi connectivity index (χ0n) is 11.9. The van der Waals surface area contributed by atoms with E-state index >= 15 is 0 Å². The molecule has 2 aromatic rings. The van der Waals surface area contributed by atoms with Gasteiger partial charge in [-0.15, -0.1) is 0 Å². The molecule has 20 heavy (non-hydrogen) atoms. The topological polar surface area (TPSA) is 48.1 Å². The summed E-state index contributed by atoms with van der Waals surface area (Å²) in [6.07, 6.45) is 2.67. The molecule has 4 heteroatoms. The minimum Gasteiger partial charge on any atom is -0.322 e. The summed E-state index contributed by atoms with van der Waals surface area (Å²) in [6.45, 7) is 2.58. The summed E-state index contributed by atoms with van der Waals surface area (Å²) < 4.78 is 0. The number of pyridine rings is 1. The summed E-state index contributed by atoms with van der Waals surface area (Å²) in [5, 5.41) is 4.44. The van der Waals surface area contributed by atoms with Gasteiger partial charge in [0.05, 0.1) is 0 Å². The van der Waals surface area contributed by atoms with Crippen LogP contribution in [0, 0.1) is 0 Å². The molecule has 0 bridgehead atoms. The molecular weight excluding hydrogens is 250 g/mol. The Morgan fingerprint density at radius 3 is 2.95 bits per heavy atom. The Morgan fingerprint density at radius 2 is 2.15 bits per heavy atom. The molecule has 4 nitrogen and oxygen atoms in total. The molecule has 0 saturated heterocycles. The molecular formula is C16H21N3O. The summed E-state index contributed by atoms with van der Waals surface area (Å²) in [6, 6.07) is 10.6. The number of hydrogen-bond acceptors (Lipinski definition) is 3. The van der Waals surface area contributed by atoms with Gasteiger partial charge in [0.2, 0.25) is 0 Å². The van der Waals surface area contributed by atoms with Gasteiger partial charge in [-0.3, -0.25) is 4.79 Å². The first-order valence-electron chi connectivity index (χ1n) is 7.26. The average Bonchev–Trinajstić information content (AvgIpc) is 3.28. The molecule has 0 radical (unpaired) electrons. The molecule has 2 N–H and O–H groups in total. The number of rotatable bonds is 6. The third-order valence-corrected chi connectivity index (χ3v) is 3.96. The molecule has 1 aliphatic carbocycles. The lowest BCUT2D eigenvalue weighted by atomic mass is 10.1. The van der Waals surface area contributed by atoms with Crippen molar-refractivity contribution in [1.82, 2.24) is 15.2 Å². The molecule has 0 spiro atoms. The van der Waals surface area contributed by atoms with Gasteiger partial charge < -0.3 is 15.2 Å². The summed E-state index contributed by atoms with van der Waals surface area (Å²) in [4.78, 5) is 17.3. The van der Waals surface area contributed by atoms with E-state index < -0.39 is 0 Å². The van der Waals surface area contributed by atoms with E-state index in [-0.39, 0.29) is 5.56 Å². The highest BCUT2D eigenvalue weighted by Crippen LogP contribution is 2.24. The third kappa shape index (κ3) is 3.08. The van der Waals surface area contributed by atoms with E-state index in [0.29, 0.717) is 6.54 Å². The number of nitrogens with one attached hydrogen (secondary N) is 2. The maximum absolute atomic E-state index is 12.0. The second-order valence-corrected chi connectivity index (χ2v) is 5.60. The van der Waals surface area contributed by atoms with Gasteiger partial charge in [-0.2, -0.15) is 0 Å². The van der Waals surface area contributed by atoms with Gasteiger partial charge in [0, 0.05) is 36.8 Å². The molecule has 1 heterocycles. The molecule has 0 amide bonds. The number of nitrogens with zero attached hydrogens (tertiary/aromatic N) is 1. The zero-order valence-corrected chi connectivity index (χ0v) is 11.9. The van der Waals surface area contributed by atoms with Crippen LogP contribution in [0.15, 0.2) is 35.1 Å². The summed E-state index contributed by atoms with van der Waals surface area (Å²) in [7, 11) is 2.17. The van der Waals surface area contributed by atoms with E-state index in [1.54, 1.807) is 0 Å². The highest BCUT2D eigenvalue weighted by molar-refractivity contribution is 5.78. The van der Waals surface area contributed by atoms with Gasteiger partial charge in [-0.1, -0.05) is 18.2 Å². The van der Waals surface area contributed by atoms with Crippen molar-refractivity contribution in [2.75, 3.05) is 20.1 Å². The quantitative estimate of drug-likeness (QED) is 0.786. The van der Waals surface area contributed by atoms with E-state index in [1.807, 2.05) is 30.3 Å². The van der Waals surface area contributed by atoms with Crippen molar-refractivity contribution in [3.63, 3.8) is 0 Å². The Balaban J connectivity index is 1.59. The minimum absolute atomic E-state index is 0.00625. The molecule has 1 aliphatic rings. The van der Waals surface area contributed by atoms with E-state index in [2.05, 4.69) is 22.2 Å². The van der Waals surface area contributed by atoms with Gasteiger partial charge in [-0.25, -0.2) is 0 Å². The number of hydrogen-bond donors (Lipinski definition) is 2. The molecule has 0 unspecified atom stereocenters. The summed E-state index contributed by atoms with van der Waals surface area (Å²) in [5.74, 6) is 0. The Kier molecular flexibility index (Phi) is 3.85. The normalized spacial score (nSPS) is 15.1. The monoisotopic (exact) mass is 271 g/mol. The molecule has 1 fully saturated rings. The van der Waals surface area contributed by atoms with Crippen LogP contribution >= 0.6 is 0 Å². The molecule has 0 aliphatic heterocycles. The van der Waals surface area contributed by atoms with E-state index in [1.165, 1.54) is 12.8 Å². The van der Waals surface area contributed by atoms with Crippen molar-refractivity contribution < 1.29 is 0 Å². The molecule has 106 valence electrons. The zero-order chi connectivity index (χ0) is 13.9. The van der Waals surface area contributed by atoms with Crippen LogP contribution in [0.3, 0.4) is 0 Å². The molecule has 0 atom stereocenters. The van der Waals surface area contributed by atoms with Crippen molar-refractivity contribution in [2.24, 2.45) is 0 Å². The van der Waals surface area contributed by atoms with Crippen LogP contribution in [-0.4, -0.2) is 36.1 Å². The van der Waals surface area contributed by atoms with Gasteiger partial charge in [0.15, 0.2) is 0 Å². The smallest absolute Gasteiger partial charge is 0.252 e. The molecule has 1 saturated carbocycles. The average molecular weight is 271 g/mol. The first kappa shape index (κ1) is 13.3. The van der Waals surface area contributed by atoms with E-state index in [4.69, 9.17) is 0 Å². The second kappa shape index (κ2) is 5.77. The number of likely N-dealkylation sites (N-methyl/N-ethyl adjacent to an activating group) is 1. The molecule has 1 aromatic carbocycles. The van der Waals surface area contributed by atoms with Crippen molar-refractivity contribution >= 4 is 10.9 Å². The molecule has 1 aromatic heterocycles. The number of fused-ring (bicyclic) bond motifs is 1. The van der Waals surface area contributed by atoms with Gasteiger partial charge >= 0.3 is 0 Å². The van der Waals surface area contributed by atoms with Crippen molar-refractivity contribution in [2.45, 2.75) is 25.4 Å². The fraction of sp³-hybridized carbons (Fsp3) is 0.438. The summed E-state index contributed by atoms with van der Waals surface area (Å²) >= 11 is 0. The lowest BCUT2D eigenvalue weighted by Gasteiger charge is -2.15. The van der Waals surface area contributed by atoms with Crippen LogP contribution in [0.2, 0.25) is 0 Å². The first-order valence-corrected chi connectivity index (χ1v) is 7.26.